The van der Waals surface area contributed by atoms with E-state index in [1.165, 1.54) is 60.2 Å². The molecule has 49 heavy (non-hydrogen) atoms. The second kappa shape index (κ2) is 11.1. The van der Waals surface area contributed by atoms with E-state index < -0.39 is 0 Å². The summed E-state index contributed by atoms with van der Waals surface area (Å²) >= 11 is 0. The summed E-state index contributed by atoms with van der Waals surface area (Å²) < 4.78 is 0. The standard InChI is InChI=1S/C47H52N2/c1-29-13-5-10-18-41(29)49-43-20-12-8-16-37(43)46-30(2)33(24-26-45(46)49)31-21-25-44-38(27-31)36-15-7-11-19-42(36)48(44)32-22-23-35-34-14-6-9-17-39(34)47(3,4)40(35)28-32/h5-9,13-17,21-24,27-30,34,39,41,44-46H,10-12,18-20,25-26H2,1-4H3/t29-,30-,34?,39?,41?,44?,45?,46?/m0/s1. The Morgan fingerprint density at radius 1 is 0.796 bits per heavy atom. The van der Waals surface area contributed by atoms with Gasteiger partial charge in [-0.3, -0.25) is 0 Å². The van der Waals surface area contributed by atoms with Crippen molar-refractivity contribution in [2.45, 2.75) is 109 Å². The van der Waals surface area contributed by atoms with Crippen LogP contribution in [-0.4, -0.2) is 23.0 Å². The van der Waals surface area contributed by atoms with Crippen molar-refractivity contribution in [3.63, 3.8) is 0 Å². The van der Waals surface area contributed by atoms with Gasteiger partial charge in [0.15, 0.2) is 0 Å². The van der Waals surface area contributed by atoms with Crippen LogP contribution in [0.3, 0.4) is 0 Å². The van der Waals surface area contributed by atoms with Crippen molar-refractivity contribution < 1.29 is 0 Å². The Balaban J connectivity index is 0.987. The average molecular weight is 645 g/mol. The number of benzene rings is 1. The summed E-state index contributed by atoms with van der Waals surface area (Å²) in [4.78, 5) is 5.69. The first-order valence-corrected chi connectivity index (χ1v) is 19.6. The van der Waals surface area contributed by atoms with Gasteiger partial charge in [0.2, 0.25) is 0 Å². The molecule has 2 heteroatoms. The third-order valence-corrected chi connectivity index (χ3v) is 14.2. The maximum Gasteiger partial charge on any atom is 0.0630 e. The van der Waals surface area contributed by atoms with Crippen LogP contribution in [0.1, 0.15) is 96.1 Å². The van der Waals surface area contributed by atoms with Gasteiger partial charge in [0.1, 0.15) is 0 Å². The molecule has 1 aromatic rings. The third-order valence-electron chi connectivity index (χ3n) is 14.2. The lowest BCUT2D eigenvalue weighted by molar-refractivity contribution is 0.119. The van der Waals surface area contributed by atoms with E-state index in [2.05, 4.69) is 135 Å². The Labute approximate surface area is 294 Å². The predicted molar refractivity (Wildman–Crippen MR) is 204 cm³/mol. The van der Waals surface area contributed by atoms with E-state index in [1.54, 1.807) is 28.0 Å². The van der Waals surface area contributed by atoms with Crippen LogP contribution in [0.25, 0.3) is 0 Å². The van der Waals surface area contributed by atoms with Crippen LogP contribution in [-0.2, 0) is 5.41 Å². The van der Waals surface area contributed by atoms with Gasteiger partial charge in [0.25, 0.3) is 0 Å². The van der Waals surface area contributed by atoms with Crippen LogP contribution in [0, 0.1) is 23.7 Å². The minimum Gasteiger partial charge on any atom is -0.367 e. The molecule has 7 aliphatic carbocycles. The number of anilines is 1. The summed E-state index contributed by atoms with van der Waals surface area (Å²) in [7, 11) is 0. The summed E-state index contributed by atoms with van der Waals surface area (Å²) in [5, 5.41) is 0. The summed E-state index contributed by atoms with van der Waals surface area (Å²) in [5.41, 5.74) is 15.6. The molecule has 0 aromatic heterocycles. The highest BCUT2D eigenvalue weighted by Gasteiger charge is 2.49. The van der Waals surface area contributed by atoms with Gasteiger partial charge in [0.05, 0.1) is 6.04 Å². The summed E-state index contributed by atoms with van der Waals surface area (Å²) in [5.74, 6) is 2.78. The maximum atomic E-state index is 2.95. The minimum absolute atomic E-state index is 0.130. The molecule has 0 saturated carbocycles. The van der Waals surface area contributed by atoms with Gasteiger partial charge in [-0.05, 0) is 132 Å². The van der Waals surface area contributed by atoms with Crippen molar-refractivity contribution >= 4 is 5.69 Å². The summed E-state index contributed by atoms with van der Waals surface area (Å²) in [6.07, 6.45) is 41.5. The SMILES string of the molecule is C[C@H]1C=CCCC1N1C2=C(C=CCC2)C2C1CC=C(C1=CCC3C(=C1)C1=C(CCC=C1)N3c1ccc3c(c1)C(C)(C)C1C=CC=CC31)[C@@H]2C. The summed E-state index contributed by atoms with van der Waals surface area (Å²) in [6, 6.07) is 9.11. The largest absolute Gasteiger partial charge is 0.367 e. The molecule has 2 aliphatic heterocycles. The number of fused-ring (bicyclic) bond motifs is 7. The molecule has 0 radical (unpaired) electrons. The normalized spacial score (nSPS) is 36.2. The fourth-order valence-corrected chi connectivity index (χ4v) is 11.9. The maximum absolute atomic E-state index is 2.95. The van der Waals surface area contributed by atoms with Crippen LogP contribution >= 0.6 is 0 Å². The second-order valence-corrected chi connectivity index (χ2v) is 17.0. The highest BCUT2D eigenvalue weighted by atomic mass is 15.2. The lowest BCUT2D eigenvalue weighted by Gasteiger charge is -2.45. The van der Waals surface area contributed by atoms with E-state index in [9.17, 15) is 0 Å². The molecule has 0 bridgehead atoms. The lowest BCUT2D eigenvalue weighted by atomic mass is 9.70. The Morgan fingerprint density at radius 2 is 1.63 bits per heavy atom. The van der Waals surface area contributed by atoms with Crippen molar-refractivity contribution in [1.82, 2.24) is 4.90 Å². The van der Waals surface area contributed by atoms with E-state index in [4.69, 9.17) is 0 Å². The predicted octanol–water partition coefficient (Wildman–Crippen LogP) is 11.1. The Morgan fingerprint density at radius 3 is 2.51 bits per heavy atom. The molecule has 9 aliphatic rings. The average Bonchev–Trinajstić information content (AvgIpc) is 3.72. The molecule has 250 valence electrons. The first kappa shape index (κ1) is 30.1. The van der Waals surface area contributed by atoms with E-state index in [1.807, 2.05) is 0 Å². The highest BCUT2D eigenvalue weighted by Crippen LogP contribution is 2.56. The third kappa shape index (κ3) is 4.31. The highest BCUT2D eigenvalue weighted by molar-refractivity contribution is 5.72. The van der Waals surface area contributed by atoms with Crippen LogP contribution in [0.4, 0.5) is 5.69 Å². The van der Waals surface area contributed by atoms with Crippen molar-refractivity contribution in [3.05, 3.63) is 148 Å². The molecule has 2 heterocycles. The second-order valence-electron chi connectivity index (χ2n) is 17.0. The van der Waals surface area contributed by atoms with E-state index in [-0.39, 0.29) is 5.41 Å². The van der Waals surface area contributed by atoms with Crippen LogP contribution in [0.2, 0.25) is 0 Å². The van der Waals surface area contributed by atoms with E-state index in [0.29, 0.717) is 47.7 Å². The number of hydrogen-bond acceptors (Lipinski definition) is 2. The van der Waals surface area contributed by atoms with E-state index in [0.717, 1.165) is 19.3 Å². The monoisotopic (exact) mass is 644 g/mol. The van der Waals surface area contributed by atoms with Gasteiger partial charge in [-0.1, -0.05) is 107 Å². The van der Waals surface area contributed by atoms with Gasteiger partial charge in [-0.25, -0.2) is 0 Å². The molecular formula is C47H52N2. The van der Waals surface area contributed by atoms with Crippen LogP contribution in [0.15, 0.2) is 136 Å². The molecule has 2 nitrogen and oxygen atoms in total. The van der Waals surface area contributed by atoms with Gasteiger partial charge in [-0.2, -0.15) is 0 Å². The Kier molecular flexibility index (Phi) is 6.82. The van der Waals surface area contributed by atoms with Crippen molar-refractivity contribution in [1.29, 1.82) is 0 Å². The molecule has 0 spiro atoms. The molecule has 0 saturated heterocycles. The lowest BCUT2D eigenvalue weighted by Crippen LogP contribution is -2.47. The smallest absolute Gasteiger partial charge is 0.0630 e. The van der Waals surface area contributed by atoms with Gasteiger partial charge < -0.3 is 9.80 Å². The number of hydrogen-bond donors (Lipinski definition) is 0. The van der Waals surface area contributed by atoms with Crippen LogP contribution in [0.5, 0.6) is 0 Å². The Bertz CT molecular complexity index is 1930. The molecule has 1 aromatic carbocycles. The number of rotatable bonds is 3. The molecule has 6 unspecified atom stereocenters. The fourth-order valence-electron chi connectivity index (χ4n) is 11.9. The first-order chi connectivity index (χ1) is 23.9. The Hall–Kier alpha value is -3.78. The van der Waals surface area contributed by atoms with Gasteiger partial charge >= 0.3 is 0 Å². The van der Waals surface area contributed by atoms with Gasteiger partial charge in [-0.15, -0.1) is 0 Å². The molecule has 0 amide bonds. The molecular weight excluding hydrogens is 593 g/mol. The molecule has 0 fully saturated rings. The molecule has 8 atom stereocenters. The number of allylic oxidation sites excluding steroid dienone is 14. The van der Waals surface area contributed by atoms with Crippen LogP contribution < -0.4 is 4.90 Å². The topological polar surface area (TPSA) is 6.48 Å². The van der Waals surface area contributed by atoms with Crippen molar-refractivity contribution in [2.75, 3.05) is 4.90 Å². The zero-order chi connectivity index (χ0) is 33.0. The summed E-state index contributed by atoms with van der Waals surface area (Å²) in [6.45, 7) is 9.93. The first-order valence-electron chi connectivity index (χ1n) is 19.6. The minimum atomic E-state index is 0.130. The van der Waals surface area contributed by atoms with Gasteiger partial charge in [0, 0.05) is 41.0 Å². The zero-order valence-electron chi connectivity index (χ0n) is 29.9. The van der Waals surface area contributed by atoms with Crippen molar-refractivity contribution in [2.24, 2.45) is 23.7 Å². The van der Waals surface area contributed by atoms with Crippen molar-refractivity contribution in [3.8, 4) is 0 Å². The molecule has 10 rings (SSSR count). The van der Waals surface area contributed by atoms with E-state index >= 15 is 0 Å². The number of nitrogens with zero attached hydrogens (tertiary/aromatic N) is 2. The fraction of sp³-hybridized carbons (Fsp3) is 0.447. The quantitative estimate of drug-likeness (QED) is 0.302. The molecule has 0 N–H and O–H groups in total. The zero-order valence-corrected chi connectivity index (χ0v) is 29.9.